The molecule has 4 nitrogen and oxygen atoms in total. The van der Waals surface area contributed by atoms with E-state index < -0.39 is 10.0 Å². The average molecular weight is 334 g/mol. The van der Waals surface area contributed by atoms with Crippen molar-refractivity contribution in [1.29, 1.82) is 0 Å². The van der Waals surface area contributed by atoms with E-state index in [2.05, 4.69) is 0 Å². The Hall–Kier alpha value is -0.620. The van der Waals surface area contributed by atoms with Crippen LogP contribution in [-0.2, 0) is 20.6 Å². The van der Waals surface area contributed by atoms with Crippen LogP contribution < -0.4 is 0 Å². The molecule has 0 heterocycles. The Balaban J connectivity index is 3.28. The number of ether oxygens (including phenoxy) is 1. The maximum Gasteiger partial charge on any atom is 0.243 e. The van der Waals surface area contributed by atoms with E-state index in [1.807, 2.05) is 19.9 Å². The van der Waals surface area contributed by atoms with Gasteiger partial charge in [0.1, 0.15) is 0 Å². The maximum absolute atomic E-state index is 13.0. The van der Waals surface area contributed by atoms with Crippen molar-refractivity contribution in [3.8, 4) is 0 Å². The Morgan fingerprint density at radius 1 is 1.38 bits per heavy atom. The molecule has 0 aromatic heterocycles. The summed E-state index contributed by atoms with van der Waals surface area (Å²) in [7, 11) is -1.98. The van der Waals surface area contributed by atoms with Crippen LogP contribution in [0.3, 0.4) is 0 Å². The molecule has 0 amide bonds. The third kappa shape index (κ3) is 4.19. The van der Waals surface area contributed by atoms with E-state index >= 15 is 0 Å². The fourth-order valence-electron chi connectivity index (χ4n) is 2.17. The molecule has 1 aromatic rings. The summed E-state index contributed by atoms with van der Waals surface area (Å²) in [5, 5.41) is 0. The molecule has 0 radical (unpaired) electrons. The highest BCUT2D eigenvalue weighted by Crippen LogP contribution is 2.25. The van der Waals surface area contributed by atoms with E-state index in [0.29, 0.717) is 23.9 Å². The molecule has 0 saturated heterocycles. The number of benzene rings is 1. The second-order valence-electron chi connectivity index (χ2n) is 5.04. The molecule has 120 valence electrons. The van der Waals surface area contributed by atoms with Crippen LogP contribution in [0.5, 0.6) is 0 Å². The Labute approximate surface area is 133 Å². The molecule has 0 aliphatic rings. The number of methoxy groups -OCH3 is 1. The van der Waals surface area contributed by atoms with Crippen LogP contribution in [0.4, 0.5) is 0 Å². The van der Waals surface area contributed by atoms with Crippen molar-refractivity contribution in [2.75, 3.05) is 20.3 Å². The Morgan fingerprint density at radius 3 is 2.57 bits per heavy atom. The first kappa shape index (κ1) is 18.4. The topological polar surface area (TPSA) is 46.6 Å². The summed E-state index contributed by atoms with van der Waals surface area (Å²) < 4.78 is 32.5. The van der Waals surface area contributed by atoms with Crippen LogP contribution in [0.1, 0.15) is 31.4 Å². The second kappa shape index (κ2) is 8.13. The highest BCUT2D eigenvalue weighted by Gasteiger charge is 2.29. The lowest BCUT2D eigenvalue weighted by Gasteiger charge is -2.28. The van der Waals surface area contributed by atoms with Crippen LogP contribution in [0.2, 0.25) is 0 Å². The van der Waals surface area contributed by atoms with Crippen molar-refractivity contribution in [3.63, 3.8) is 0 Å². The fraction of sp³-hybridized carbons (Fsp3) is 0.600. The van der Waals surface area contributed by atoms with Crippen molar-refractivity contribution < 1.29 is 13.2 Å². The van der Waals surface area contributed by atoms with Crippen molar-refractivity contribution in [2.45, 2.75) is 44.0 Å². The van der Waals surface area contributed by atoms with Gasteiger partial charge in [0, 0.05) is 25.6 Å². The first-order valence-electron chi connectivity index (χ1n) is 7.05. The van der Waals surface area contributed by atoms with Gasteiger partial charge in [0.15, 0.2) is 0 Å². The molecular formula is C15H24ClNO3S. The molecule has 0 spiro atoms. The first-order chi connectivity index (χ1) is 9.89. The quantitative estimate of drug-likeness (QED) is 0.686. The predicted octanol–water partition coefficient (Wildman–Crippen LogP) is 3.17. The van der Waals surface area contributed by atoms with E-state index in [1.54, 1.807) is 26.2 Å². The first-order valence-corrected chi connectivity index (χ1v) is 9.02. The Morgan fingerprint density at radius 2 is 2.05 bits per heavy atom. The Kier molecular flexibility index (Phi) is 7.13. The van der Waals surface area contributed by atoms with Gasteiger partial charge >= 0.3 is 0 Å². The minimum atomic E-state index is -3.55. The summed E-state index contributed by atoms with van der Waals surface area (Å²) in [6.07, 6.45) is 0.747. The summed E-state index contributed by atoms with van der Waals surface area (Å²) in [6.45, 7) is 6.40. The molecule has 1 aromatic carbocycles. The number of sulfonamides is 1. The van der Waals surface area contributed by atoms with Crippen molar-refractivity contribution in [2.24, 2.45) is 0 Å². The van der Waals surface area contributed by atoms with Crippen LogP contribution in [-0.4, -0.2) is 39.0 Å². The molecule has 0 bridgehead atoms. The Bertz CT molecular complexity index is 560. The SMILES string of the molecule is CCC(C)N(CCOC)S(=O)(=O)c1cccc(CCl)c1C. The molecule has 0 fully saturated rings. The lowest BCUT2D eigenvalue weighted by molar-refractivity contribution is 0.167. The summed E-state index contributed by atoms with van der Waals surface area (Å²) in [4.78, 5) is 0.331. The van der Waals surface area contributed by atoms with Gasteiger partial charge < -0.3 is 4.74 Å². The van der Waals surface area contributed by atoms with E-state index in [4.69, 9.17) is 16.3 Å². The van der Waals surface area contributed by atoms with E-state index in [-0.39, 0.29) is 6.04 Å². The average Bonchev–Trinajstić information content (AvgIpc) is 2.47. The fourth-order valence-corrected chi connectivity index (χ4v) is 4.42. The minimum absolute atomic E-state index is 0.0794. The molecule has 0 N–H and O–H groups in total. The molecule has 21 heavy (non-hydrogen) atoms. The van der Waals surface area contributed by atoms with Gasteiger partial charge in [0.25, 0.3) is 0 Å². The molecular weight excluding hydrogens is 310 g/mol. The summed E-state index contributed by atoms with van der Waals surface area (Å²) >= 11 is 5.88. The standard InChI is InChI=1S/C15H24ClNO3S/c1-5-12(2)17(9-10-20-4)21(18,19)15-8-6-7-14(11-16)13(15)3/h6-8,12H,5,9-11H2,1-4H3. The number of alkyl halides is 1. The lowest BCUT2D eigenvalue weighted by Crippen LogP contribution is -2.40. The van der Waals surface area contributed by atoms with Gasteiger partial charge in [-0.25, -0.2) is 8.42 Å². The molecule has 1 unspecified atom stereocenters. The van der Waals surface area contributed by atoms with Crippen molar-refractivity contribution >= 4 is 21.6 Å². The summed E-state index contributed by atoms with van der Waals surface area (Å²) in [5.74, 6) is 0.302. The minimum Gasteiger partial charge on any atom is -0.383 e. The van der Waals surface area contributed by atoms with Gasteiger partial charge in [0.2, 0.25) is 10.0 Å². The van der Waals surface area contributed by atoms with Gasteiger partial charge in [-0.3, -0.25) is 0 Å². The molecule has 0 aliphatic carbocycles. The van der Waals surface area contributed by atoms with E-state index in [1.165, 1.54) is 4.31 Å². The molecule has 1 rings (SSSR count). The zero-order chi connectivity index (χ0) is 16.0. The zero-order valence-electron chi connectivity index (χ0n) is 13.1. The summed E-state index contributed by atoms with van der Waals surface area (Å²) in [6, 6.07) is 5.15. The normalized spacial score (nSPS) is 13.6. The van der Waals surface area contributed by atoms with E-state index in [9.17, 15) is 8.42 Å². The smallest absolute Gasteiger partial charge is 0.243 e. The number of hydrogen-bond acceptors (Lipinski definition) is 3. The van der Waals surface area contributed by atoms with Crippen molar-refractivity contribution in [3.05, 3.63) is 29.3 Å². The van der Waals surface area contributed by atoms with Gasteiger partial charge in [0.05, 0.1) is 11.5 Å². The molecule has 1 atom stereocenters. The lowest BCUT2D eigenvalue weighted by atomic mass is 10.1. The van der Waals surface area contributed by atoms with Crippen LogP contribution >= 0.6 is 11.6 Å². The van der Waals surface area contributed by atoms with Crippen molar-refractivity contribution in [1.82, 2.24) is 4.31 Å². The highest BCUT2D eigenvalue weighted by atomic mass is 35.5. The highest BCUT2D eigenvalue weighted by molar-refractivity contribution is 7.89. The third-order valence-corrected chi connectivity index (χ3v) is 6.17. The number of rotatable bonds is 8. The number of nitrogens with zero attached hydrogens (tertiary/aromatic N) is 1. The summed E-state index contributed by atoms with van der Waals surface area (Å²) in [5.41, 5.74) is 1.56. The zero-order valence-corrected chi connectivity index (χ0v) is 14.7. The molecule has 6 heteroatoms. The van der Waals surface area contributed by atoms with Gasteiger partial charge in [-0.15, -0.1) is 11.6 Å². The van der Waals surface area contributed by atoms with Crippen LogP contribution in [0, 0.1) is 6.92 Å². The maximum atomic E-state index is 13.0. The number of halogens is 1. The van der Waals surface area contributed by atoms with Gasteiger partial charge in [-0.2, -0.15) is 4.31 Å². The van der Waals surface area contributed by atoms with Gasteiger partial charge in [-0.1, -0.05) is 19.1 Å². The molecule has 0 aliphatic heterocycles. The predicted molar refractivity (Wildman–Crippen MR) is 86.3 cm³/mol. The van der Waals surface area contributed by atoms with E-state index in [0.717, 1.165) is 17.5 Å². The third-order valence-electron chi connectivity index (χ3n) is 3.73. The second-order valence-corrected chi connectivity index (χ2v) is 7.17. The van der Waals surface area contributed by atoms with Crippen LogP contribution in [0.15, 0.2) is 23.1 Å². The monoisotopic (exact) mass is 333 g/mol. The largest absolute Gasteiger partial charge is 0.383 e. The van der Waals surface area contributed by atoms with Gasteiger partial charge in [-0.05, 0) is 37.5 Å². The molecule has 0 saturated carbocycles. The number of hydrogen-bond donors (Lipinski definition) is 0. The van der Waals surface area contributed by atoms with Crippen LogP contribution in [0.25, 0.3) is 0 Å².